The van der Waals surface area contributed by atoms with E-state index in [1.54, 1.807) is 6.92 Å². The standard InChI is InChI=1S/C13H12O6S/c1-3-18-13(15)11-7-19-12(14)9-5-4-8(6-10(9)11)20(2,16)17/h4-7H,3H2,1-2H3. The van der Waals surface area contributed by atoms with E-state index >= 15 is 0 Å². The predicted molar refractivity (Wildman–Crippen MR) is 71.6 cm³/mol. The van der Waals surface area contributed by atoms with E-state index in [0.29, 0.717) is 0 Å². The Balaban J connectivity index is 2.80. The average Bonchev–Trinajstić information content (AvgIpc) is 2.38. The molecule has 0 aliphatic heterocycles. The monoisotopic (exact) mass is 296 g/mol. The molecular formula is C13H12O6S. The zero-order chi connectivity index (χ0) is 14.9. The lowest BCUT2D eigenvalue weighted by molar-refractivity contribution is 0.0526. The van der Waals surface area contributed by atoms with Crippen LogP contribution in [0.2, 0.25) is 0 Å². The van der Waals surface area contributed by atoms with Gasteiger partial charge in [-0.25, -0.2) is 18.0 Å². The Kier molecular flexibility index (Phi) is 3.63. The van der Waals surface area contributed by atoms with E-state index in [0.717, 1.165) is 12.5 Å². The van der Waals surface area contributed by atoms with E-state index in [9.17, 15) is 18.0 Å². The van der Waals surface area contributed by atoms with E-state index < -0.39 is 21.4 Å². The number of esters is 1. The first-order valence-corrected chi connectivity index (χ1v) is 7.66. The van der Waals surface area contributed by atoms with Crippen LogP contribution in [0.1, 0.15) is 17.3 Å². The highest BCUT2D eigenvalue weighted by Gasteiger charge is 2.17. The summed E-state index contributed by atoms with van der Waals surface area (Å²) in [5.74, 6) is -0.674. The van der Waals surface area contributed by atoms with Crippen LogP contribution in [-0.2, 0) is 14.6 Å². The van der Waals surface area contributed by atoms with Crippen LogP contribution in [0.15, 0.2) is 38.6 Å². The first-order chi connectivity index (χ1) is 9.34. The smallest absolute Gasteiger partial charge is 0.343 e. The van der Waals surface area contributed by atoms with Crippen LogP contribution < -0.4 is 5.63 Å². The Hall–Kier alpha value is -2.15. The third-order valence-electron chi connectivity index (χ3n) is 2.71. The van der Waals surface area contributed by atoms with Gasteiger partial charge in [-0.1, -0.05) is 0 Å². The predicted octanol–water partition coefficient (Wildman–Crippen LogP) is 1.37. The summed E-state index contributed by atoms with van der Waals surface area (Å²) < 4.78 is 32.7. The van der Waals surface area contributed by atoms with Crippen molar-refractivity contribution < 1.29 is 22.4 Å². The summed E-state index contributed by atoms with van der Waals surface area (Å²) in [6.45, 7) is 1.80. The normalized spacial score (nSPS) is 11.5. The van der Waals surface area contributed by atoms with Crippen LogP contribution in [0, 0.1) is 0 Å². The summed E-state index contributed by atoms with van der Waals surface area (Å²) in [5.41, 5.74) is -0.625. The van der Waals surface area contributed by atoms with Gasteiger partial charge in [0.15, 0.2) is 9.84 Å². The number of carbonyl (C=O) groups excluding carboxylic acids is 1. The Morgan fingerprint density at radius 2 is 2.00 bits per heavy atom. The summed E-state index contributed by atoms with van der Waals surface area (Å²) >= 11 is 0. The zero-order valence-corrected chi connectivity index (χ0v) is 11.7. The number of rotatable bonds is 3. The van der Waals surface area contributed by atoms with E-state index in [2.05, 4.69) is 0 Å². The van der Waals surface area contributed by atoms with Crippen molar-refractivity contribution in [1.82, 2.24) is 0 Å². The summed E-state index contributed by atoms with van der Waals surface area (Å²) in [5, 5.41) is 0.325. The molecule has 0 saturated heterocycles. The molecule has 0 N–H and O–H groups in total. The molecule has 20 heavy (non-hydrogen) atoms. The minimum Gasteiger partial charge on any atom is -0.462 e. The molecule has 6 nitrogen and oxygen atoms in total. The highest BCUT2D eigenvalue weighted by Crippen LogP contribution is 2.21. The maximum atomic E-state index is 11.8. The lowest BCUT2D eigenvalue weighted by Gasteiger charge is -2.06. The topological polar surface area (TPSA) is 90.7 Å². The van der Waals surface area contributed by atoms with Crippen molar-refractivity contribution in [3.8, 4) is 0 Å². The minimum atomic E-state index is -3.45. The molecule has 0 amide bonds. The van der Waals surface area contributed by atoms with Crippen LogP contribution >= 0.6 is 0 Å². The number of fused-ring (bicyclic) bond motifs is 1. The number of benzene rings is 1. The maximum absolute atomic E-state index is 11.8. The van der Waals surface area contributed by atoms with E-state index in [-0.39, 0.29) is 27.8 Å². The van der Waals surface area contributed by atoms with Crippen molar-refractivity contribution >= 4 is 26.6 Å². The molecule has 0 aliphatic rings. The van der Waals surface area contributed by atoms with Crippen LogP contribution in [-0.4, -0.2) is 27.2 Å². The van der Waals surface area contributed by atoms with Crippen molar-refractivity contribution in [3.05, 3.63) is 40.4 Å². The minimum absolute atomic E-state index is 0.0150. The summed E-state index contributed by atoms with van der Waals surface area (Å²) in [6.07, 6.45) is 2.03. The Morgan fingerprint density at radius 3 is 2.60 bits per heavy atom. The second kappa shape index (κ2) is 5.09. The number of hydrogen-bond donors (Lipinski definition) is 0. The molecule has 2 rings (SSSR count). The molecule has 106 valence electrons. The van der Waals surface area contributed by atoms with Gasteiger partial charge in [-0.05, 0) is 25.1 Å². The van der Waals surface area contributed by atoms with Gasteiger partial charge < -0.3 is 9.15 Å². The molecule has 1 heterocycles. The number of sulfone groups is 1. The van der Waals surface area contributed by atoms with Gasteiger partial charge in [0.05, 0.1) is 16.9 Å². The van der Waals surface area contributed by atoms with Crippen LogP contribution in [0.3, 0.4) is 0 Å². The maximum Gasteiger partial charge on any atom is 0.343 e. The Morgan fingerprint density at radius 1 is 1.30 bits per heavy atom. The number of ether oxygens (including phenoxy) is 1. The number of carbonyl (C=O) groups is 1. The Bertz CT molecular complexity index is 832. The molecular weight excluding hydrogens is 284 g/mol. The van der Waals surface area contributed by atoms with Crippen molar-refractivity contribution in [2.24, 2.45) is 0 Å². The summed E-state index contributed by atoms with van der Waals surface area (Å²) in [7, 11) is -3.45. The molecule has 0 fully saturated rings. The van der Waals surface area contributed by atoms with Gasteiger partial charge in [0.25, 0.3) is 0 Å². The van der Waals surface area contributed by atoms with Crippen LogP contribution in [0.5, 0.6) is 0 Å². The molecule has 0 unspecified atom stereocenters. The van der Waals surface area contributed by atoms with E-state index in [1.807, 2.05) is 0 Å². The molecule has 1 aromatic heterocycles. The third-order valence-corrected chi connectivity index (χ3v) is 3.82. The summed E-state index contributed by atoms with van der Waals surface area (Å²) in [6, 6.07) is 3.89. The van der Waals surface area contributed by atoms with Crippen LogP contribution in [0.4, 0.5) is 0 Å². The first kappa shape index (κ1) is 14.3. The van der Waals surface area contributed by atoms with Crippen molar-refractivity contribution in [2.75, 3.05) is 12.9 Å². The fourth-order valence-electron chi connectivity index (χ4n) is 1.76. The quantitative estimate of drug-likeness (QED) is 0.795. The molecule has 1 aromatic carbocycles. The zero-order valence-electron chi connectivity index (χ0n) is 10.9. The fourth-order valence-corrected chi connectivity index (χ4v) is 2.41. The molecule has 7 heteroatoms. The van der Waals surface area contributed by atoms with E-state index in [1.165, 1.54) is 18.2 Å². The summed E-state index contributed by atoms with van der Waals surface area (Å²) in [4.78, 5) is 23.4. The SMILES string of the molecule is CCOC(=O)c1coc(=O)c2ccc(S(C)(=O)=O)cc12. The molecule has 0 saturated carbocycles. The average molecular weight is 296 g/mol. The van der Waals surface area contributed by atoms with Gasteiger partial charge in [-0.3, -0.25) is 0 Å². The van der Waals surface area contributed by atoms with Gasteiger partial charge in [-0.2, -0.15) is 0 Å². The molecule has 2 aromatic rings. The molecule has 0 atom stereocenters. The fraction of sp³-hybridized carbons (Fsp3) is 0.231. The van der Waals surface area contributed by atoms with Gasteiger partial charge in [-0.15, -0.1) is 0 Å². The molecule has 0 radical (unpaired) electrons. The van der Waals surface area contributed by atoms with Crippen molar-refractivity contribution in [1.29, 1.82) is 0 Å². The lowest BCUT2D eigenvalue weighted by Crippen LogP contribution is -2.10. The van der Waals surface area contributed by atoms with E-state index in [4.69, 9.17) is 9.15 Å². The van der Waals surface area contributed by atoms with Gasteiger partial charge >= 0.3 is 11.6 Å². The molecule has 0 bridgehead atoms. The molecule has 0 spiro atoms. The third kappa shape index (κ3) is 2.57. The number of hydrogen-bond acceptors (Lipinski definition) is 6. The van der Waals surface area contributed by atoms with Crippen molar-refractivity contribution in [2.45, 2.75) is 11.8 Å². The second-order valence-corrected chi connectivity index (χ2v) is 6.15. The Labute approximate surface area is 114 Å². The van der Waals surface area contributed by atoms with Crippen LogP contribution in [0.25, 0.3) is 10.8 Å². The van der Waals surface area contributed by atoms with Crippen molar-refractivity contribution in [3.63, 3.8) is 0 Å². The van der Waals surface area contributed by atoms with Gasteiger partial charge in [0, 0.05) is 11.6 Å². The highest BCUT2D eigenvalue weighted by atomic mass is 32.2. The highest BCUT2D eigenvalue weighted by molar-refractivity contribution is 7.90. The second-order valence-electron chi connectivity index (χ2n) is 4.14. The van der Waals surface area contributed by atoms with Gasteiger partial charge in [0.1, 0.15) is 11.8 Å². The largest absolute Gasteiger partial charge is 0.462 e. The van der Waals surface area contributed by atoms with Gasteiger partial charge in [0.2, 0.25) is 0 Å². The first-order valence-electron chi connectivity index (χ1n) is 5.77. The molecule has 0 aliphatic carbocycles. The lowest BCUT2D eigenvalue weighted by atomic mass is 10.1.